The fourth-order valence-electron chi connectivity index (χ4n) is 3.16. The Morgan fingerprint density at radius 2 is 1.90 bits per heavy atom. The van der Waals surface area contributed by atoms with Gasteiger partial charge in [-0.15, -0.1) is 0 Å². The zero-order valence-electron chi connectivity index (χ0n) is 13.3. The number of hydrogen-bond donors (Lipinski definition) is 1. The van der Waals surface area contributed by atoms with E-state index in [1.54, 1.807) is 0 Å². The first-order chi connectivity index (χ1) is 9.73. The standard InChI is InChI=1S/C17H29N3/c1-4-10-18-16-14-15(7-11-19-16)20-12-8-17(5-2,6-3)9-13-20/h7,11,14H,4-6,8-10,12-13H2,1-3H3,(H,18,19). The molecule has 0 saturated carbocycles. The third-order valence-corrected chi connectivity index (χ3v) is 4.99. The lowest BCUT2D eigenvalue weighted by molar-refractivity contribution is 0.199. The molecular weight excluding hydrogens is 246 g/mol. The van der Waals surface area contributed by atoms with E-state index in [4.69, 9.17) is 0 Å². The van der Waals surface area contributed by atoms with Crippen LogP contribution in [0.5, 0.6) is 0 Å². The average molecular weight is 275 g/mol. The maximum atomic E-state index is 4.39. The average Bonchev–Trinajstić information content (AvgIpc) is 2.53. The van der Waals surface area contributed by atoms with Gasteiger partial charge in [0.05, 0.1) is 0 Å². The molecule has 20 heavy (non-hydrogen) atoms. The van der Waals surface area contributed by atoms with Gasteiger partial charge in [-0.05, 0) is 30.7 Å². The van der Waals surface area contributed by atoms with Gasteiger partial charge < -0.3 is 10.2 Å². The number of aromatic nitrogens is 1. The summed E-state index contributed by atoms with van der Waals surface area (Å²) in [6.45, 7) is 10.2. The molecule has 0 aromatic carbocycles. The van der Waals surface area contributed by atoms with Crippen LogP contribution >= 0.6 is 0 Å². The van der Waals surface area contributed by atoms with Crippen molar-refractivity contribution in [2.75, 3.05) is 29.9 Å². The second-order valence-corrected chi connectivity index (χ2v) is 6.02. The molecule has 1 aliphatic rings. The Morgan fingerprint density at radius 3 is 2.50 bits per heavy atom. The Balaban J connectivity index is 1.99. The lowest BCUT2D eigenvalue weighted by Crippen LogP contribution is -2.39. The first kappa shape index (κ1) is 15.1. The fourth-order valence-corrected chi connectivity index (χ4v) is 3.16. The van der Waals surface area contributed by atoms with Gasteiger partial charge in [0.15, 0.2) is 0 Å². The van der Waals surface area contributed by atoms with Crippen molar-refractivity contribution in [3.8, 4) is 0 Å². The molecule has 2 rings (SSSR count). The molecule has 1 aromatic heterocycles. The van der Waals surface area contributed by atoms with Gasteiger partial charge in [-0.25, -0.2) is 4.98 Å². The monoisotopic (exact) mass is 275 g/mol. The highest BCUT2D eigenvalue weighted by Crippen LogP contribution is 2.39. The summed E-state index contributed by atoms with van der Waals surface area (Å²) in [7, 11) is 0. The van der Waals surface area contributed by atoms with Crippen LogP contribution < -0.4 is 10.2 Å². The van der Waals surface area contributed by atoms with Crippen LogP contribution in [0.3, 0.4) is 0 Å². The molecule has 0 bridgehead atoms. The molecule has 1 aromatic rings. The van der Waals surface area contributed by atoms with Crippen molar-refractivity contribution in [2.24, 2.45) is 5.41 Å². The largest absolute Gasteiger partial charge is 0.371 e. The van der Waals surface area contributed by atoms with Crippen molar-refractivity contribution in [1.29, 1.82) is 0 Å². The van der Waals surface area contributed by atoms with Gasteiger partial charge in [-0.2, -0.15) is 0 Å². The van der Waals surface area contributed by atoms with E-state index < -0.39 is 0 Å². The number of hydrogen-bond acceptors (Lipinski definition) is 3. The van der Waals surface area contributed by atoms with E-state index in [2.05, 4.69) is 48.1 Å². The van der Waals surface area contributed by atoms with Crippen molar-refractivity contribution in [1.82, 2.24) is 4.98 Å². The van der Waals surface area contributed by atoms with Gasteiger partial charge in [-0.1, -0.05) is 33.6 Å². The predicted molar refractivity (Wildman–Crippen MR) is 87.5 cm³/mol. The van der Waals surface area contributed by atoms with Crippen molar-refractivity contribution in [3.05, 3.63) is 18.3 Å². The zero-order valence-corrected chi connectivity index (χ0v) is 13.3. The van der Waals surface area contributed by atoms with Gasteiger partial charge in [0.25, 0.3) is 0 Å². The molecule has 1 aliphatic heterocycles. The number of rotatable bonds is 6. The minimum absolute atomic E-state index is 0.590. The van der Waals surface area contributed by atoms with Gasteiger partial charge in [0, 0.05) is 37.6 Å². The van der Waals surface area contributed by atoms with Gasteiger partial charge >= 0.3 is 0 Å². The second-order valence-electron chi connectivity index (χ2n) is 6.02. The summed E-state index contributed by atoms with van der Waals surface area (Å²) in [5.41, 5.74) is 1.91. The number of anilines is 2. The number of nitrogens with one attached hydrogen (secondary N) is 1. The quantitative estimate of drug-likeness (QED) is 0.838. The summed E-state index contributed by atoms with van der Waals surface area (Å²) in [6.07, 6.45) is 8.33. The molecule has 1 N–H and O–H groups in total. The molecular formula is C17H29N3. The van der Waals surface area contributed by atoms with Crippen LogP contribution in [0.2, 0.25) is 0 Å². The highest BCUT2D eigenvalue weighted by atomic mass is 15.1. The Kier molecular flexibility index (Phi) is 5.27. The lowest BCUT2D eigenvalue weighted by Gasteiger charge is -2.42. The maximum Gasteiger partial charge on any atom is 0.127 e. The normalized spacial score (nSPS) is 18.1. The smallest absolute Gasteiger partial charge is 0.127 e. The van der Waals surface area contributed by atoms with Gasteiger partial charge in [0.2, 0.25) is 0 Å². The molecule has 0 radical (unpaired) electrons. The third-order valence-electron chi connectivity index (χ3n) is 4.99. The summed E-state index contributed by atoms with van der Waals surface area (Å²) in [5.74, 6) is 1.01. The first-order valence-corrected chi connectivity index (χ1v) is 8.18. The molecule has 0 amide bonds. The van der Waals surface area contributed by atoms with Gasteiger partial charge in [0.1, 0.15) is 5.82 Å². The second kappa shape index (κ2) is 6.96. The summed E-state index contributed by atoms with van der Waals surface area (Å²) in [5, 5.41) is 3.37. The van der Waals surface area contributed by atoms with Crippen LogP contribution in [0, 0.1) is 5.41 Å². The molecule has 3 nitrogen and oxygen atoms in total. The molecule has 2 heterocycles. The van der Waals surface area contributed by atoms with E-state index >= 15 is 0 Å². The molecule has 112 valence electrons. The number of pyridine rings is 1. The van der Waals surface area contributed by atoms with E-state index in [-0.39, 0.29) is 0 Å². The van der Waals surface area contributed by atoms with E-state index in [9.17, 15) is 0 Å². The van der Waals surface area contributed by atoms with Crippen LogP contribution in [-0.4, -0.2) is 24.6 Å². The van der Waals surface area contributed by atoms with Gasteiger partial charge in [-0.3, -0.25) is 0 Å². The molecule has 0 unspecified atom stereocenters. The molecule has 0 spiro atoms. The van der Waals surface area contributed by atoms with Crippen molar-refractivity contribution < 1.29 is 0 Å². The SMILES string of the molecule is CCCNc1cc(N2CCC(CC)(CC)CC2)ccn1. The molecule has 0 atom stereocenters. The van der Waals surface area contributed by atoms with E-state index in [0.29, 0.717) is 5.41 Å². The Bertz CT molecular complexity index is 402. The highest BCUT2D eigenvalue weighted by Gasteiger charge is 2.31. The number of nitrogens with zero attached hydrogens (tertiary/aromatic N) is 2. The molecule has 1 fully saturated rings. The maximum absolute atomic E-state index is 4.39. The summed E-state index contributed by atoms with van der Waals surface area (Å²) in [4.78, 5) is 6.91. The van der Waals surface area contributed by atoms with Crippen molar-refractivity contribution in [3.63, 3.8) is 0 Å². The minimum Gasteiger partial charge on any atom is -0.371 e. The predicted octanol–water partition coefficient (Wildman–Crippen LogP) is 4.31. The fraction of sp³-hybridized carbons (Fsp3) is 0.706. The topological polar surface area (TPSA) is 28.2 Å². The lowest BCUT2D eigenvalue weighted by atomic mass is 9.74. The van der Waals surface area contributed by atoms with E-state index in [0.717, 1.165) is 18.8 Å². The summed E-state index contributed by atoms with van der Waals surface area (Å²) in [6, 6.07) is 4.34. The Labute approximate surface area is 123 Å². The van der Waals surface area contributed by atoms with Crippen LogP contribution in [-0.2, 0) is 0 Å². The third kappa shape index (κ3) is 3.44. The first-order valence-electron chi connectivity index (χ1n) is 8.18. The van der Waals surface area contributed by atoms with Crippen LogP contribution in [0.4, 0.5) is 11.5 Å². The minimum atomic E-state index is 0.590. The van der Waals surface area contributed by atoms with Crippen molar-refractivity contribution in [2.45, 2.75) is 52.9 Å². The Hall–Kier alpha value is -1.25. The van der Waals surface area contributed by atoms with E-state index in [1.165, 1.54) is 44.5 Å². The Morgan fingerprint density at radius 1 is 1.20 bits per heavy atom. The highest BCUT2D eigenvalue weighted by molar-refractivity contribution is 5.54. The van der Waals surface area contributed by atoms with Crippen LogP contribution in [0.15, 0.2) is 18.3 Å². The molecule has 1 saturated heterocycles. The van der Waals surface area contributed by atoms with E-state index in [1.807, 2.05) is 6.20 Å². The zero-order chi connectivity index (χ0) is 14.4. The van der Waals surface area contributed by atoms with Crippen LogP contribution in [0.1, 0.15) is 52.9 Å². The number of piperidine rings is 1. The van der Waals surface area contributed by atoms with Crippen LogP contribution in [0.25, 0.3) is 0 Å². The molecule has 3 heteroatoms. The molecule has 0 aliphatic carbocycles. The summed E-state index contributed by atoms with van der Waals surface area (Å²) < 4.78 is 0. The summed E-state index contributed by atoms with van der Waals surface area (Å²) >= 11 is 0. The van der Waals surface area contributed by atoms with Crippen molar-refractivity contribution >= 4 is 11.5 Å².